The number of carbonyl (C=O) groups excluding carboxylic acids is 1. The van der Waals surface area contributed by atoms with Gasteiger partial charge >= 0.3 is 12.6 Å². The lowest BCUT2D eigenvalue weighted by atomic mass is 10.2. The van der Waals surface area contributed by atoms with Gasteiger partial charge in [-0.15, -0.1) is 0 Å². The molecule has 0 atom stereocenters. The molecule has 0 aliphatic rings. The van der Waals surface area contributed by atoms with Gasteiger partial charge in [0.25, 0.3) is 0 Å². The van der Waals surface area contributed by atoms with E-state index in [1.165, 1.54) is 25.3 Å². The van der Waals surface area contributed by atoms with Crippen LogP contribution in [0.15, 0.2) is 29.1 Å². The minimum Gasteiger partial charge on any atom is -0.464 e. The van der Waals surface area contributed by atoms with E-state index in [2.05, 4.69) is 14.5 Å². The molecule has 0 saturated carbocycles. The Morgan fingerprint density at radius 2 is 2.05 bits per heavy atom. The van der Waals surface area contributed by atoms with Gasteiger partial charge in [0.1, 0.15) is 11.4 Å². The third-order valence-corrected chi connectivity index (χ3v) is 2.43. The van der Waals surface area contributed by atoms with Crippen molar-refractivity contribution < 1.29 is 23.0 Å². The second kappa shape index (κ2) is 5.05. The SMILES string of the molecule is COC(=O)c1cc(=O)c2cc(OC(F)F)ccc2[nH]1. The van der Waals surface area contributed by atoms with Crippen LogP contribution in [0.1, 0.15) is 10.5 Å². The van der Waals surface area contributed by atoms with Crippen LogP contribution in [-0.2, 0) is 4.74 Å². The number of hydrogen-bond donors (Lipinski definition) is 1. The molecule has 19 heavy (non-hydrogen) atoms. The molecule has 2 aromatic rings. The van der Waals surface area contributed by atoms with Crippen LogP contribution in [0.4, 0.5) is 8.78 Å². The fourth-order valence-corrected chi connectivity index (χ4v) is 1.62. The van der Waals surface area contributed by atoms with E-state index >= 15 is 0 Å². The molecule has 0 fully saturated rings. The van der Waals surface area contributed by atoms with Crippen molar-refractivity contribution in [2.75, 3.05) is 7.11 Å². The van der Waals surface area contributed by atoms with Gasteiger partial charge in [0.2, 0.25) is 0 Å². The molecular formula is C12H9F2NO4. The molecule has 0 amide bonds. The number of esters is 1. The Morgan fingerprint density at radius 1 is 1.32 bits per heavy atom. The maximum Gasteiger partial charge on any atom is 0.387 e. The summed E-state index contributed by atoms with van der Waals surface area (Å²) in [5, 5.41) is 0.144. The maximum atomic E-state index is 12.1. The fraction of sp³-hybridized carbons (Fsp3) is 0.167. The zero-order valence-corrected chi connectivity index (χ0v) is 9.78. The first kappa shape index (κ1) is 13.0. The number of alkyl halides is 2. The van der Waals surface area contributed by atoms with E-state index in [1.54, 1.807) is 0 Å². The normalized spacial score (nSPS) is 10.7. The van der Waals surface area contributed by atoms with Crippen LogP contribution in [0.3, 0.4) is 0 Å². The highest BCUT2D eigenvalue weighted by Crippen LogP contribution is 2.19. The van der Waals surface area contributed by atoms with Crippen molar-refractivity contribution in [3.8, 4) is 5.75 Å². The molecule has 0 bridgehead atoms. The second-order valence-corrected chi connectivity index (χ2v) is 3.62. The van der Waals surface area contributed by atoms with Gasteiger partial charge in [-0.3, -0.25) is 4.79 Å². The van der Waals surface area contributed by atoms with E-state index in [4.69, 9.17) is 0 Å². The van der Waals surface area contributed by atoms with Crippen molar-refractivity contribution in [1.29, 1.82) is 0 Å². The summed E-state index contributed by atoms with van der Waals surface area (Å²) in [6.45, 7) is -2.97. The number of aromatic amines is 1. The molecule has 0 unspecified atom stereocenters. The first-order valence-corrected chi connectivity index (χ1v) is 5.21. The maximum absolute atomic E-state index is 12.1. The standard InChI is InChI=1S/C12H9F2NO4/c1-18-11(17)9-5-10(16)7-4-6(19-12(13)14)2-3-8(7)15-9/h2-5,12H,1H3,(H,15,16). The lowest BCUT2D eigenvalue weighted by Gasteiger charge is -2.06. The zero-order valence-electron chi connectivity index (χ0n) is 9.78. The first-order chi connectivity index (χ1) is 9.01. The second-order valence-electron chi connectivity index (χ2n) is 3.62. The number of ether oxygens (including phenoxy) is 2. The number of halogens is 2. The fourth-order valence-electron chi connectivity index (χ4n) is 1.62. The number of benzene rings is 1. The summed E-state index contributed by atoms with van der Waals surface area (Å²) in [5.74, 6) is -0.814. The van der Waals surface area contributed by atoms with Gasteiger partial charge in [0.05, 0.1) is 12.6 Å². The van der Waals surface area contributed by atoms with E-state index in [1.807, 2.05) is 0 Å². The summed E-state index contributed by atoms with van der Waals surface area (Å²) in [6, 6.07) is 4.87. The molecule has 100 valence electrons. The molecule has 0 aliphatic carbocycles. The van der Waals surface area contributed by atoms with Gasteiger partial charge in [-0.1, -0.05) is 0 Å². The van der Waals surface area contributed by atoms with Gasteiger partial charge in [0, 0.05) is 11.5 Å². The average molecular weight is 269 g/mol. The molecule has 1 aromatic carbocycles. The summed E-state index contributed by atoms with van der Waals surface area (Å²) in [6.07, 6.45) is 0. The molecule has 1 aromatic heterocycles. The lowest BCUT2D eigenvalue weighted by Crippen LogP contribution is -2.11. The Kier molecular flexibility index (Phi) is 3.46. The number of hydrogen-bond acceptors (Lipinski definition) is 4. The van der Waals surface area contributed by atoms with Gasteiger partial charge in [-0.25, -0.2) is 4.79 Å². The Hall–Kier alpha value is -2.44. The average Bonchev–Trinajstić information content (AvgIpc) is 2.37. The van der Waals surface area contributed by atoms with E-state index < -0.39 is 18.0 Å². The molecule has 0 spiro atoms. The van der Waals surface area contributed by atoms with Crippen molar-refractivity contribution in [2.24, 2.45) is 0 Å². The zero-order chi connectivity index (χ0) is 14.0. The number of pyridine rings is 1. The number of aromatic nitrogens is 1. The summed E-state index contributed by atoms with van der Waals surface area (Å²) >= 11 is 0. The van der Waals surface area contributed by atoms with Gasteiger partial charge < -0.3 is 14.5 Å². The molecule has 0 aliphatic heterocycles. The highest BCUT2D eigenvalue weighted by molar-refractivity contribution is 5.91. The van der Waals surface area contributed by atoms with E-state index in [0.717, 1.165) is 6.07 Å². The highest BCUT2D eigenvalue weighted by atomic mass is 19.3. The summed E-state index contributed by atoms with van der Waals surface area (Å²) < 4.78 is 32.8. The quantitative estimate of drug-likeness (QED) is 0.864. The van der Waals surface area contributed by atoms with Crippen LogP contribution in [0.25, 0.3) is 10.9 Å². The number of H-pyrrole nitrogens is 1. The van der Waals surface area contributed by atoms with Crippen LogP contribution in [0.5, 0.6) is 5.75 Å². The molecule has 7 heteroatoms. The summed E-state index contributed by atoms with van der Waals surface area (Å²) in [7, 11) is 1.18. The van der Waals surface area contributed by atoms with Gasteiger partial charge in [0.15, 0.2) is 5.43 Å². The van der Waals surface area contributed by atoms with Gasteiger partial charge in [-0.05, 0) is 18.2 Å². The van der Waals surface area contributed by atoms with Crippen molar-refractivity contribution in [1.82, 2.24) is 4.98 Å². The number of carbonyl (C=O) groups is 1. The number of rotatable bonds is 3. The monoisotopic (exact) mass is 269 g/mol. The van der Waals surface area contributed by atoms with Gasteiger partial charge in [-0.2, -0.15) is 8.78 Å². The third-order valence-electron chi connectivity index (χ3n) is 2.43. The third kappa shape index (κ3) is 2.70. The number of fused-ring (bicyclic) bond motifs is 1. The van der Waals surface area contributed by atoms with Crippen molar-refractivity contribution in [3.05, 3.63) is 40.2 Å². The number of nitrogens with one attached hydrogen (secondary N) is 1. The van der Waals surface area contributed by atoms with Crippen LogP contribution in [0.2, 0.25) is 0 Å². The first-order valence-electron chi connectivity index (χ1n) is 5.21. The topological polar surface area (TPSA) is 68.4 Å². The predicted octanol–water partition coefficient (Wildman–Crippen LogP) is 1.92. The van der Waals surface area contributed by atoms with Crippen molar-refractivity contribution >= 4 is 16.9 Å². The van der Waals surface area contributed by atoms with Crippen LogP contribution >= 0.6 is 0 Å². The smallest absolute Gasteiger partial charge is 0.387 e. The Morgan fingerprint density at radius 3 is 2.68 bits per heavy atom. The molecular weight excluding hydrogens is 260 g/mol. The summed E-state index contributed by atoms with van der Waals surface area (Å²) in [5.41, 5.74) is -0.175. The van der Waals surface area contributed by atoms with E-state index in [-0.39, 0.29) is 16.8 Å². The van der Waals surface area contributed by atoms with Crippen LogP contribution < -0.4 is 10.2 Å². The Balaban J connectivity index is 2.54. The Labute approximate surface area is 105 Å². The van der Waals surface area contributed by atoms with Crippen molar-refractivity contribution in [3.63, 3.8) is 0 Å². The molecule has 0 saturated heterocycles. The molecule has 1 heterocycles. The van der Waals surface area contributed by atoms with Crippen LogP contribution in [0, 0.1) is 0 Å². The largest absolute Gasteiger partial charge is 0.464 e. The molecule has 2 rings (SSSR count). The van der Waals surface area contributed by atoms with E-state index in [9.17, 15) is 18.4 Å². The minimum absolute atomic E-state index is 0.0115. The van der Waals surface area contributed by atoms with E-state index in [0.29, 0.717) is 5.52 Å². The number of methoxy groups -OCH3 is 1. The minimum atomic E-state index is -2.97. The van der Waals surface area contributed by atoms with Crippen molar-refractivity contribution in [2.45, 2.75) is 6.61 Å². The molecule has 1 N–H and O–H groups in total. The summed E-state index contributed by atoms with van der Waals surface area (Å²) in [4.78, 5) is 25.8. The molecule has 0 radical (unpaired) electrons. The highest BCUT2D eigenvalue weighted by Gasteiger charge is 2.11. The van der Waals surface area contributed by atoms with Crippen LogP contribution in [-0.4, -0.2) is 24.7 Å². The molecule has 5 nitrogen and oxygen atoms in total. The predicted molar refractivity (Wildman–Crippen MR) is 62.5 cm³/mol. The Bertz CT molecular complexity index is 681. The lowest BCUT2D eigenvalue weighted by molar-refractivity contribution is -0.0497.